The number of carbonyl (C=O) groups excluding carboxylic acids is 1. The van der Waals surface area contributed by atoms with Crippen molar-refractivity contribution in [2.24, 2.45) is 11.3 Å². The molecule has 0 aromatic carbocycles. The van der Waals surface area contributed by atoms with Crippen molar-refractivity contribution in [2.75, 3.05) is 13.2 Å². The highest BCUT2D eigenvalue weighted by Gasteiger charge is 2.69. The minimum Gasteiger partial charge on any atom is -0.465 e. The molecule has 2 bridgehead atoms. The highest BCUT2D eigenvalue weighted by Crippen LogP contribution is 2.65. The van der Waals surface area contributed by atoms with E-state index in [1.807, 2.05) is 6.92 Å². The first-order valence-electron chi connectivity index (χ1n) is 5.61. The number of hydrogen-bond donors (Lipinski definition) is 1. The molecule has 4 heteroatoms. The molecule has 1 spiro atoms. The molecular formula is C11H16O3S. The predicted octanol–water partition coefficient (Wildman–Crippen LogP) is 1.42. The second kappa shape index (κ2) is 2.92. The lowest BCUT2D eigenvalue weighted by atomic mass is 9.77. The van der Waals surface area contributed by atoms with Gasteiger partial charge in [-0.3, -0.25) is 4.79 Å². The van der Waals surface area contributed by atoms with Gasteiger partial charge < -0.3 is 9.47 Å². The molecule has 15 heavy (non-hydrogen) atoms. The molecule has 1 heterocycles. The van der Waals surface area contributed by atoms with Crippen LogP contribution in [0.15, 0.2) is 0 Å². The quantitative estimate of drug-likeness (QED) is 0.573. The highest BCUT2D eigenvalue weighted by molar-refractivity contribution is 7.81. The first kappa shape index (κ1) is 9.97. The number of ether oxygens (including phenoxy) is 2. The van der Waals surface area contributed by atoms with E-state index in [4.69, 9.17) is 9.47 Å². The maximum Gasteiger partial charge on any atom is 0.309 e. The first-order valence-corrected chi connectivity index (χ1v) is 6.12. The van der Waals surface area contributed by atoms with E-state index in [1.54, 1.807) is 0 Å². The Morgan fingerprint density at radius 3 is 3.13 bits per heavy atom. The fraction of sp³-hybridized carbons (Fsp3) is 0.909. The fourth-order valence-electron chi connectivity index (χ4n) is 3.75. The predicted molar refractivity (Wildman–Crippen MR) is 57.9 cm³/mol. The van der Waals surface area contributed by atoms with Crippen molar-refractivity contribution in [1.82, 2.24) is 0 Å². The van der Waals surface area contributed by atoms with Crippen LogP contribution < -0.4 is 0 Å². The molecule has 0 N–H and O–H groups in total. The Bertz CT molecular complexity index is 319. The fourth-order valence-corrected chi connectivity index (χ4v) is 4.38. The third-order valence-electron chi connectivity index (χ3n) is 4.37. The number of rotatable bonds is 2. The molecule has 3 nitrogen and oxygen atoms in total. The van der Waals surface area contributed by atoms with Gasteiger partial charge in [-0.2, -0.15) is 12.6 Å². The van der Waals surface area contributed by atoms with E-state index >= 15 is 0 Å². The summed E-state index contributed by atoms with van der Waals surface area (Å²) in [6.07, 6.45) is 2.73. The van der Waals surface area contributed by atoms with Crippen molar-refractivity contribution >= 4 is 18.6 Å². The van der Waals surface area contributed by atoms with Gasteiger partial charge >= 0.3 is 5.97 Å². The molecule has 2 saturated carbocycles. The van der Waals surface area contributed by atoms with Crippen molar-refractivity contribution in [2.45, 2.75) is 37.0 Å². The second-order valence-corrected chi connectivity index (χ2v) is 5.74. The van der Waals surface area contributed by atoms with Crippen LogP contribution in [0, 0.1) is 11.3 Å². The standard InChI is InChI=1S/C11H16O3S/c1-2-14-11-3-7-9(12)13-6-10(7,5-11)4-8(11)15/h7-8,15H,2-6H2,1H3. The molecule has 0 aromatic heterocycles. The molecular weight excluding hydrogens is 212 g/mol. The Morgan fingerprint density at radius 2 is 2.40 bits per heavy atom. The third-order valence-corrected chi connectivity index (χ3v) is 5.02. The molecule has 0 aromatic rings. The summed E-state index contributed by atoms with van der Waals surface area (Å²) in [4.78, 5) is 11.6. The van der Waals surface area contributed by atoms with Crippen LogP contribution in [-0.2, 0) is 14.3 Å². The van der Waals surface area contributed by atoms with Crippen LogP contribution in [-0.4, -0.2) is 30.0 Å². The summed E-state index contributed by atoms with van der Waals surface area (Å²) in [6, 6.07) is 0. The Morgan fingerprint density at radius 1 is 1.60 bits per heavy atom. The Balaban J connectivity index is 1.94. The van der Waals surface area contributed by atoms with E-state index in [1.165, 1.54) is 0 Å². The number of carbonyl (C=O) groups is 1. The van der Waals surface area contributed by atoms with Crippen LogP contribution in [0.2, 0.25) is 0 Å². The van der Waals surface area contributed by atoms with Crippen molar-refractivity contribution in [3.05, 3.63) is 0 Å². The van der Waals surface area contributed by atoms with Gasteiger partial charge in [0, 0.05) is 17.3 Å². The largest absolute Gasteiger partial charge is 0.465 e. The van der Waals surface area contributed by atoms with Crippen LogP contribution in [0.3, 0.4) is 0 Å². The van der Waals surface area contributed by atoms with Crippen molar-refractivity contribution < 1.29 is 14.3 Å². The molecule has 4 unspecified atom stereocenters. The number of fused-ring (bicyclic) bond motifs is 1. The molecule has 1 aliphatic heterocycles. The average molecular weight is 228 g/mol. The van der Waals surface area contributed by atoms with Gasteiger partial charge in [0.25, 0.3) is 0 Å². The van der Waals surface area contributed by atoms with Crippen LogP contribution in [0.4, 0.5) is 0 Å². The molecule has 4 atom stereocenters. The summed E-state index contributed by atoms with van der Waals surface area (Å²) in [6.45, 7) is 3.30. The van der Waals surface area contributed by atoms with Crippen molar-refractivity contribution in [1.29, 1.82) is 0 Å². The normalized spacial score (nSPS) is 52.0. The van der Waals surface area contributed by atoms with E-state index < -0.39 is 0 Å². The maximum absolute atomic E-state index is 11.6. The molecule has 0 amide bonds. The van der Waals surface area contributed by atoms with E-state index in [0.717, 1.165) is 19.3 Å². The molecule has 3 rings (SSSR count). The maximum atomic E-state index is 11.6. The van der Waals surface area contributed by atoms with Crippen molar-refractivity contribution in [3.8, 4) is 0 Å². The van der Waals surface area contributed by atoms with Crippen molar-refractivity contribution in [3.63, 3.8) is 0 Å². The molecule has 84 valence electrons. The number of hydrogen-bond acceptors (Lipinski definition) is 4. The molecule has 0 radical (unpaired) electrons. The zero-order valence-electron chi connectivity index (χ0n) is 8.86. The number of esters is 1. The minimum atomic E-state index is -0.151. The van der Waals surface area contributed by atoms with E-state index in [-0.39, 0.29) is 28.2 Å². The summed E-state index contributed by atoms with van der Waals surface area (Å²) in [5.41, 5.74) is -0.0966. The summed E-state index contributed by atoms with van der Waals surface area (Å²) < 4.78 is 11.1. The smallest absolute Gasteiger partial charge is 0.309 e. The van der Waals surface area contributed by atoms with Gasteiger partial charge in [0.05, 0.1) is 18.1 Å². The Hall–Kier alpha value is -0.220. The van der Waals surface area contributed by atoms with Gasteiger partial charge in [0.2, 0.25) is 0 Å². The lowest BCUT2D eigenvalue weighted by molar-refractivity contribution is -0.143. The molecule has 3 fully saturated rings. The SMILES string of the molecule is CCOC12CC3C(=O)OCC3(CC1S)C2. The topological polar surface area (TPSA) is 35.5 Å². The Kier molecular flexibility index (Phi) is 1.94. The second-order valence-electron chi connectivity index (χ2n) is 5.12. The summed E-state index contributed by atoms with van der Waals surface area (Å²) in [5.74, 6) is 0.0595. The van der Waals surface area contributed by atoms with E-state index in [2.05, 4.69) is 12.6 Å². The van der Waals surface area contributed by atoms with E-state index in [9.17, 15) is 4.79 Å². The lowest BCUT2D eigenvalue weighted by Crippen LogP contribution is -2.40. The molecule has 2 aliphatic carbocycles. The molecule has 1 saturated heterocycles. The zero-order valence-corrected chi connectivity index (χ0v) is 9.76. The van der Waals surface area contributed by atoms with Gasteiger partial charge in [-0.1, -0.05) is 0 Å². The minimum absolute atomic E-state index is 0.0168. The summed E-state index contributed by atoms with van der Waals surface area (Å²) >= 11 is 4.63. The average Bonchev–Trinajstić information content (AvgIpc) is 2.73. The first-order chi connectivity index (χ1) is 7.12. The van der Waals surface area contributed by atoms with E-state index in [0.29, 0.717) is 13.2 Å². The van der Waals surface area contributed by atoms with Crippen LogP contribution in [0.25, 0.3) is 0 Å². The number of thiol groups is 1. The summed E-state index contributed by atoms with van der Waals surface area (Å²) in [7, 11) is 0. The van der Waals surface area contributed by atoms with Crippen LogP contribution in [0.1, 0.15) is 26.2 Å². The lowest BCUT2D eigenvalue weighted by Gasteiger charge is -2.33. The number of cyclic esters (lactones) is 1. The highest BCUT2D eigenvalue weighted by atomic mass is 32.1. The summed E-state index contributed by atoms with van der Waals surface area (Å²) in [5, 5.41) is 0.267. The van der Waals surface area contributed by atoms with Gasteiger partial charge in [0.15, 0.2) is 0 Å². The molecule has 3 aliphatic rings. The Labute approximate surface area is 94.9 Å². The van der Waals surface area contributed by atoms with Gasteiger partial charge in [-0.15, -0.1) is 0 Å². The van der Waals surface area contributed by atoms with Gasteiger partial charge in [-0.05, 0) is 26.2 Å². The third kappa shape index (κ3) is 1.10. The van der Waals surface area contributed by atoms with Crippen LogP contribution in [0.5, 0.6) is 0 Å². The van der Waals surface area contributed by atoms with Gasteiger partial charge in [0.1, 0.15) is 0 Å². The monoisotopic (exact) mass is 228 g/mol. The zero-order chi connectivity index (χ0) is 10.7. The van der Waals surface area contributed by atoms with Gasteiger partial charge in [-0.25, -0.2) is 0 Å². The van der Waals surface area contributed by atoms with Crippen LogP contribution >= 0.6 is 12.6 Å².